The summed E-state index contributed by atoms with van der Waals surface area (Å²) < 4.78 is 1.62. The molecule has 30 heavy (non-hydrogen) atoms. The normalized spacial score (nSPS) is 11.5. The van der Waals surface area contributed by atoms with Crippen molar-refractivity contribution in [2.24, 2.45) is 0 Å². The number of para-hydroxylation sites is 1. The van der Waals surface area contributed by atoms with Crippen LogP contribution >= 0.6 is 23.1 Å². The number of hydrogen-bond donors (Lipinski definition) is 0. The van der Waals surface area contributed by atoms with Crippen LogP contribution in [0.1, 0.15) is 37.0 Å². The Bertz CT molecular complexity index is 1310. The van der Waals surface area contributed by atoms with E-state index in [2.05, 4.69) is 32.2 Å². The molecule has 0 atom stereocenters. The van der Waals surface area contributed by atoms with Gasteiger partial charge in [-0.05, 0) is 36.4 Å². The van der Waals surface area contributed by atoms with Gasteiger partial charge in [-0.2, -0.15) is 5.26 Å². The van der Waals surface area contributed by atoms with E-state index in [4.69, 9.17) is 15.2 Å². The highest BCUT2D eigenvalue weighted by molar-refractivity contribution is 7.98. The predicted octanol–water partition coefficient (Wildman–Crippen LogP) is 5.30. The lowest BCUT2D eigenvalue weighted by molar-refractivity contribution is 0.584. The number of nitrogens with zero attached hydrogens (tertiary/aromatic N) is 4. The maximum Gasteiger partial charge on any atom is 0.266 e. The number of aromatic nitrogens is 3. The fourth-order valence-corrected chi connectivity index (χ4v) is 4.90. The zero-order valence-electron chi connectivity index (χ0n) is 16.9. The summed E-state index contributed by atoms with van der Waals surface area (Å²) >= 11 is 3.15. The van der Waals surface area contributed by atoms with Crippen LogP contribution in [0.4, 0.5) is 0 Å². The molecule has 0 unspecified atom stereocenters. The molecular formula is C23H20N4OS2. The minimum absolute atomic E-state index is 0.0133. The van der Waals surface area contributed by atoms with Gasteiger partial charge < -0.3 is 0 Å². The van der Waals surface area contributed by atoms with Crippen LogP contribution in [0.5, 0.6) is 0 Å². The minimum atomic E-state index is -0.124. The van der Waals surface area contributed by atoms with Crippen LogP contribution in [0, 0.1) is 11.3 Å². The first-order valence-electron chi connectivity index (χ1n) is 9.47. The van der Waals surface area contributed by atoms with Crippen molar-refractivity contribution in [3.63, 3.8) is 0 Å². The molecule has 150 valence electrons. The lowest BCUT2D eigenvalue weighted by Crippen LogP contribution is -2.21. The number of benzene rings is 2. The maximum atomic E-state index is 13.3. The van der Waals surface area contributed by atoms with Gasteiger partial charge in [0.15, 0.2) is 5.16 Å². The Morgan fingerprint density at radius 3 is 2.50 bits per heavy atom. The van der Waals surface area contributed by atoms with Crippen LogP contribution < -0.4 is 5.56 Å². The smallest absolute Gasteiger partial charge is 0.266 e. The highest BCUT2D eigenvalue weighted by atomic mass is 32.2. The molecule has 0 aliphatic rings. The lowest BCUT2D eigenvalue weighted by Gasteiger charge is -2.14. The van der Waals surface area contributed by atoms with Gasteiger partial charge in [0.1, 0.15) is 0 Å². The van der Waals surface area contributed by atoms with E-state index in [1.165, 1.54) is 11.8 Å². The monoisotopic (exact) mass is 432 g/mol. The van der Waals surface area contributed by atoms with Gasteiger partial charge in [-0.3, -0.25) is 9.36 Å². The summed E-state index contributed by atoms with van der Waals surface area (Å²) in [6.07, 6.45) is 0. The van der Waals surface area contributed by atoms with E-state index in [-0.39, 0.29) is 11.0 Å². The van der Waals surface area contributed by atoms with Crippen molar-refractivity contribution in [3.05, 3.63) is 80.5 Å². The molecule has 0 aliphatic heterocycles. The first-order valence-corrected chi connectivity index (χ1v) is 11.3. The molecule has 2 heterocycles. The molecule has 4 aromatic rings. The molecule has 2 aromatic heterocycles. The summed E-state index contributed by atoms with van der Waals surface area (Å²) in [5.41, 5.74) is 2.77. The van der Waals surface area contributed by atoms with E-state index in [1.807, 2.05) is 18.2 Å². The van der Waals surface area contributed by atoms with Crippen LogP contribution in [0.3, 0.4) is 0 Å². The average molecular weight is 433 g/mol. The third-order valence-corrected chi connectivity index (χ3v) is 6.83. The largest absolute Gasteiger partial charge is 0.268 e. The number of nitriles is 1. The van der Waals surface area contributed by atoms with Crippen LogP contribution in [-0.2, 0) is 11.2 Å². The molecule has 0 radical (unpaired) electrons. The molecular weight excluding hydrogens is 412 g/mol. The van der Waals surface area contributed by atoms with Crippen molar-refractivity contribution >= 4 is 34.0 Å². The molecule has 0 saturated carbocycles. The van der Waals surface area contributed by atoms with Crippen molar-refractivity contribution in [1.82, 2.24) is 14.5 Å². The molecule has 0 aliphatic carbocycles. The van der Waals surface area contributed by atoms with E-state index in [0.29, 0.717) is 33.1 Å². The summed E-state index contributed by atoms with van der Waals surface area (Å²) in [7, 11) is 0. The molecule has 5 nitrogen and oxygen atoms in total. The standard InChI is InChI=1S/C23H20N4OS2/c1-23(2,3)21-25-16(13-29-21)14-30-22-26-19-7-5-4-6-18(19)20(28)27(22)17-10-8-15(12-24)9-11-17/h4-11,13H,14H2,1-3H3. The molecule has 0 amide bonds. The zero-order valence-corrected chi connectivity index (χ0v) is 18.5. The SMILES string of the molecule is CC(C)(C)c1nc(CSc2nc3ccccc3c(=O)n2-c2ccc(C#N)cc2)cs1. The van der Waals surface area contributed by atoms with Crippen molar-refractivity contribution in [2.45, 2.75) is 37.1 Å². The Morgan fingerprint density at radius 2 is 1.83 bits per heavy atom. The van der Waals surface area contributed by atoms with Crippen molar-refractivity contribution in [3.8, 4) is 11.8 Å². The number of hydrogen-bond acceptors (Lipinski definition) is 6. The summed E-state index contributed by atoms with van der Waals surface area (Å²) in [5, 5.41) is 13.4. The van der Waals surface area contributed by atoms with Gasteiger partial charge in [0.25, 0.3) is 5.56 Å². The molecule has 0 bridgehead atoms. The maximum absolute atomic E-state index is 13.3. The summed E-state index contributed by atoms with van der Waals surface area (Å²) in [6.45, 7) is 6.45. The summed E-state index contributed by atoms with van der Waals surface area (Å²) in [5.74, 6) is 0.619. The second kappa shape index (κ2) is 8.05. The van der Waals surface area contributed by atoms with E-state index in [9.17, 15) is 4.79 Å². The number of fused-ring (bicyclic) bond motifs is 1. The second-order valence-electron chi connectivity index (χ2n) is 7.89. The fourth-order valence-electron chi connectivity index (χ4n) is 2.98. The highest BCUT2D eigenvalue weighted by Crippen LogP contribution is 2.29. The Kier molecular flexibility index (Phi) is 5.46. The van der Waals surface area contributed by atoms with Crippen LogP contribution in [0.25, 0.3) is 16.6 Å². The van der Waals surface area contributed by atoms with Gasteiger partial charge in [-0.15, -0.1) is 11.3 Å². The first-order chi connectivity index (χ1) is 14.4. The van der Waals surface area contributed by atoms with Gasteiger partial charge in [-0.1, -0.05) is 44.7 Å². The Balaban J connectivity index is 1.76. The lowest BCUT2D eigenvalue weighted by atomic mass is 9.98. The third kappa shape index (κ3) is 4.02. The number of thioether (sulfide) groups is 1. The van der Waals surface area contributed by atoms with Crippen LogP contribution in [0.15, 0.2) is 63.9 Å². The van der Waals surface area contributed by atoms with Crippen molar-refractivity contribution in [2.75, 3.05) is 0 Å². The van der Waals surface area contributed by atoms with E-state index >= 15 is 0 Å². The van der Waals surface area contributed by atoms with Gasteiger partial charge in [0, 0.05) is 16.5 Å². The quantitative estimate of drug-likeness (QED) is 0.323. The first kappa shape index (κ1) is 20.3. The van der Waals surface area contributed by atoms with Crippen molar-refractivity contribution < 1.29 is 0 Å². The Labute approximate surface area is 183 Å². The van der Waals surface area contributed by atoms with Crippen molar-refractivity contribution in [1.29, 1.82) is 5.26 Å². The zero-order chi connectivity index (χ0) is 21.3. The molecule has 0 saturated heterocycles. The molecule has 4 rings (SSSR count). The minimum Gasteiger partial charge on any atom is -0.268 e. The van der Waals surface area contributed by atoms with Gasteiger partial charge in [-0.25, -0.2) is 9.97 Å². The summed E-state index contributed by atoms with van der Waals surface area (Å²) in [4.78, 5) is 22.8. The Morgan fingerprint density at radius 1 is 1.10 bits per heavy atom. The molecule has 2 aromatic carbocycles. The van der Waals surface area contributed by atoms with Gasteiger partial charge in [0.2, 0.25) is 0 Å². The van der Waals surface area contributed by atoms with Crippen LogP contribution in [0.2, 0.25) is 0 Å². The van der Waals surface area contributed by atoms with E-state index < -0.39 is 0 Å². The molecule has 7 heteroatoms. The summed E-state index contributed by atoms with van der Waals surface area (Å²) in [6, 6.07) is 16.4. The highest BCUT2D eigenvalue weighted by Gasteiger charge is 2.19. The second-order valence-corrected chi connectivity index (χ2v) is 9.69. The number of rotatable bonds is 4. The topological polar surface area (TPSA) is 71.6 Å². The van der Waals surface area contributed by atoms with E-state index in [1.54, 1.807) is 46.2 Å². The third-order valence-electron chi connectivity index (χ3n) is 4.54. The van der Waals surface area contributed by atoms with E-state index in [0.717, 1.165) is 10.7 Å². The molecule has 0 N–H and O–H groups in total. The molecule has 0 fully saturated rings. The fraction of sp³-hybridized carbons (Fsp3) is 0.217. The predicted molar refractivity (Wildman–Crippen MR) is 122 cm³/mol. The van der Waals surface area contributed by atoms with Gasteiger partial charge in [0.05, 0.1) is 38.9 Å². The molecule has 0 spiro atoms. The Hall–Kier alpha value is -2.95. The number of thiazole rings is 1. The average Bonchev–Trinajstić information content (AvgIpc) is 3.22. The van der Waals surface area contributed by atoms with Gasteiger partial charge >= 0.3 is 0 Å². The van der Waals surface area contributed by atoms with Crippen LogP contribution in [-0.4, -0.2) is 14.5 Å².